The molecule has 0 aromatic heterocycles. The summed E-state index contributed by atoms with van der Waals surface area (Å²) in [6.45, 7) is 2.70. The molecule has 0 spiro atoms. The molecule has 10 nitrogen and oxygen atoms in total. The number of Topliss-reactive ketones (excluding diaryl/α,β-unsaturated/α-hetero) is 3. The van der Waals surface area contributed by atoms with Gasteiger partial charge in [-0.2, -0.15) is 0 Å². The third-order valence-electron chi connectivity index (χ3n) is 6.07. The molecule has 1 unspecified atom stereocenters. The lowest BCUT2D eigenvalue weighted by Crippen LogP contribution is -2.83. The lowest BCUT2D eigenvalue weighted by molar-refractivity contribution is -0.272. The largest absolute Gasteiger partial charge is 0.382 e. The number of imide groups is 1. The Kier molecular flexibility index (Phi) is 6.17. The number of benzene rings is 1. The third kappa shape index (κ3) is 3.07. The molecule has 0 radical (unpaired) electrons. The van der Waals surface area contributed by atoms with Crippen molar-refractivity contribution >= 4 is 40.9 Å². The lowest BCUT2D eigenvalue weighted by atomic mass is 9.66. The van der Waals surface area contributed by atoms with E-state index in [0.29, 0.717) is 4.90 Å². The van der Waals surface area contributed by atoms with Gasteiger partial charge in [0, 0.05) is 0 Å². The van der Waals surface area contributed by atoms with Crippen LogP contribution in [0, 0.1) is 0 Å². The molecule has 1 aromatic rings. The number of rotatable bonds is 6. The van der Waals surface area contributed by atoms with Crippen LogP contribution in [0.2, 0.25) is 0 Å². The van der Waals surface area contributed by atoms with E-state index < -0.39 is 64.1 Å². The van der Waals surface area contributed by atoms with Crippen LogP contribution in [0.1, 0.15) is 41.5 Å². The molecule has 1 saturated heterocycles. The molecule has 3 N–H and O–H groups in total. The Labute approximate surface area is 187 Å². The molecule has 0 saturated carbocycles. The first-order valence-corrected chi connectivity index (χ1v) is 10.9. The summed E-state index contributed by atoms with van der Waals surface area (Å²) in [4.78, 5) is 64.2. The zero-order chi connectivity index (χ0) is 24.2. The molecular weight excluding hydrogens is 442 g/mol. The Morgan fingerprint density at radius 1 is 1.00 bits per heavy atom. The molecule has 2 heterocycles. The van der Waals surface area contributed by atoms with Crippen molar-refractivity contribution in [2.75, 3.05) is 6.26 Å². The third-order valence-corrected chi connectivity index (χ3v) is 6.91. The first kappa shape index (κ1) is 24.2. The predicted octanol–water partition coefficient (Wildman–Crippen LogP) is -0.671. The first-order chi connectivity index (χ1) is 14.8. The molecule has 0 bridgehead atoms. The molecule has 6 atom stereocenters. The van der Waals surface area contributed by atoms with E-state index in [-0.39, 0.29) is 11.1 Å². The number of ketones is 3. The molecule has 0 aliphatic carbocycles. The number of ether oxygens (including phenoxy) is 1. The molecule has 11 heteroatoms. The number of fused-ring (bicyclic) bond motifs is 1. The number of aliphatic hydroxyl groups is 3. The van der Waals surface area contributed by atoms with Crippen LogP contribution in [0.5, 0.6) is 0 Å². The molecule has 172 valence electrons. The van der Waals surface area contributed by atoms with E-state index >= 15 is 0 Å². The minimum absolute atomic E-state index is 0.0144. The van der Waals surface area contributed by atoms with Crippen LogP contribution in [-0.2, 0) is 19.1 Å². The Morgan fingerprint density at radius 2 is 1.47 bits per heavy atom. The normalized spacial score (nSPS) is 33.1. The van der Waals surface area contributed by atoms with Gasteiger partial charge in [-0.05, 0) is 39.2 Å². The number of thioether (sulfide) groups is 1. The zero-order valence-electron chi connectivity index (χ0n) is 17.8. The minimum Gasteiger partial charge on any atom is -0.382 e. The van der Waals surface area contributed by atoms with Gasteiger partial charge in [0.1, 0.15) is 23.7 Å². The van der Waals surface area contributed by atoms with Gasteiger partial charge in [0.25, 0.3) is 11.8 Å². The van der Waals surface area contributed by atoms with Crippen molar-refractivity contribution in [3.63, 3.8) is 0 Å². The van der Waals surface area contributed by atoms with E-state index in [2.05, 4.69) is 0 Å². The Morgan fingerprint density at radius 3 is 1.84 bits per heavy atom. The van der Waals surface area contributed by atoms with Crippen LogP contribution in [0.3, 0.4) is 0 Å². The van der Waals surface area contributed by atoms with E-state index in [1.165, 1.54) is 30.5 Å². The maximum Gasteiger partial charge on any atom is 0.262 e. The van der Waals surface area contributed by atoms with Crippen LogP contribution in [0.25, 0.3) is 0 Å². The highest BCUT2D eigenvalue weighted by Gasteiger charge is 2.73. The molecule has 2 aliphatic heterocycles. The van der Waals surface area contributed by atoms with Crippen molar-refractivity contribution in [2.45, 2.75) is 55.7 Å². The topological polar surface area (TPSA) is 159 Å². The molecule has 3 rings (SSSR count). The second kappa shape index (κ2) is 8.16. The first-order valence-electron chi connectivity index (χ1n) is 9.66. The SMILES string of the molecule is CS[C@@H]1O[C@H](C(O)C(C)=O)[C@](O)(C(C)=O)[C@@](O)(C(C)=O)[C@H]1N1C(=O)c2ccccc2C1=O. The second-order valence-electron chi connectivity index (χ2n) is 7.83. The molecule has 1 aromatic carbocycles. The van der Waals surface area contributed by atoms with Gasteiger partial charge in [0.2, 0.25) is 0 Å². The highest BCUT2D eigenvalue weighted by molar-refractivity contribution is 7.99. The highest BCUT2D eigenvalue weighted by Crippen LogP contribution is 2.47. The standard InChI is InChI=1S/C21H23NO9S/c1-9(23)14(26)16-21(30,11(3)25)20(29,10(2)24)15(19(31-16)32-4)22-17(27)12-7-5-6-8-13(12)18(22)28/h5-8,14-16,19,26,29-30H,1-4H3/t14?,15-,16+,19-,20+,21+/m0/s1. The average molecular weight is 465 g/mol. The van der Waals surface area contributed by atoms with Crippen LogP contribution < -0.4 is 0 Å². The molecule has 32 heavy (non-hydrogen) atoms. The van der Waals surface area contributed by atoms with Crippen LogP contribution in [0.4, 0.5) is 0 Å². The van der Waals surface area contributed by atoms with E-state index in [4.69, 9.17) is 4.74 Å². The second-order valence-corrected chi connectivity index (χ2v) is 8.77. The summed E-state index contributed by atoms with van der Waals surface area (Å²) < 4.78 is 5.66. The van der Waals surface area contributed by atoms with Crippen molar-refractivity contribution in [3.05, 3.63) is 35.4 Å². The van der Waals surface area contributed by atoms with Gasteiger partial charge in [0.05, 0.1) is 11.1 Å². The Bertz CT molecular complexity index is 991. The summed E-state index contributed by atoms with van der Waals surface area (Å²) in [7, 11) is 0. The van der Waals surface area contributed by atoms with Gasteiger partial charge < -0.3 is 20.1 Å². The predicted molar refractivity (Wildman–Crippen MR) is 111 cm³/mol. The number of hydrogen-bond donors (Lipinski definition) is 3. The van der Waals surface area contributed by atoms with E-state index in [1.807, 2.05) is 0 Å². The number of carbonyl (C=O) groups excluding carboxylic acids is 5. The summed E-state index contributed by atoms with van der Waals surface area (Å²) >= 11 is 0.863. The molecular formula is C21H23NO9S. The quantitative estimate of drug-likeness (QED) is 0.460. The summed E-state index contributed by atoms with van der Waals surface area (Å²) in [5.74, 6) is -4.94. The maximum absolute atomic E-state index is 13.1. The maximum atomic E-state index is 13.1. The van der Waals surface area contributed by atoms with E-state index in [1.54, 1.807) is 0 Å². The Hall–Kier alpha value is -2.44. The number of nitrogens with zero attached hydrogens (tertiary/aromatic N) is 1. The number of carbonyl (C=O) groups is 5. The summed E-state index contributed by atoms with van der Waals surface area (Å²) in [5, 5.41) is 33.5. The van der Waals surface area contributed by atoms with E-state index in [0.717, 1.165) is 32.5 Å². The average Bonchev–Trinajstić information content (AvgIpc) is 2.99. The van der Waals surface area contributed by atoms with Gasteiger partial charge in [-0.25, -0.2) is 0 Å². The van der Waals surface area contributed by atoms with Gasteiger partial charge in [-0.3, -0.25) is 28.9 Å². The van der Waals surface area contributed by atoms with Crippen LogP contribution in [-0.4, -0.2) is 90.5 Å². The number of hydrogen-bond acceptors (Lipinski definition) is 10. The van der Waals surface area contributed by atoms with Crippen molar-refractivity contribution < 1.29 is 44.0 Å². The van der Waals surface area contributed by atoms with Crippen molar-refractivity contribution in [3.8, 4) is 0 Å². The summed E-state index contributed by atoms with van der Waals surface area (Å²) in [6, 6.07) is 3.99. The molecule has 2 aliphatic rings. The van der Waals surface area contributed by atoms with Gasteiger partial charge in [-0.15, -0.1) is 11.8 Å². The van der Waals surface area contributed by atoms with Crippen LogP contribution >= 0.6 is 11.8 Å². The van der Waals surface area contributed by atoms with Crippen LogP contribution in [0.15, 0.2) is 24.3 Å². The zero-order valence-corrected chi connectivity index (χ0v) is 18.6. The molecule has 2 amide bonds. The van der Waals surface area contributed by atoms with Gasteiger partial charge in [0.15, 0.2) is 28.6 Å². The summed E-state index contributed by atoms with van der Waals surface area (Å²) in [6.07, 6.45) is -2.63. The van der Waals surface area contributed by atoms with Crippen molar-refractivity contribution in [1.82, 2.24) is 4.90 Å². The number of amides is 2. The monoisotopic (exact) mass is 465 g/mol. The van der Waals surface area contributed by atoms with Crippen molar-refractivity contribution in [2.24, 2.45) is 0 Å². The van der Waals surface area contributed by atoms with Crippen molar-refractivity contribution in [1.29, 1.82) is 0 Å². The fourth-order valence-corrected chi connectivity index (χ4v) is 5.18. The minimum atomic E-state index is -3.14. The van der Waals surface area contributed by atoms with E-state index in [9.17, 15) is 39.3 Å². The lowest BCUT2D eigenvalue weighted by Gasteiger charge is -2.56. The van der Waals surface area contributed by atoms with Gasteiger partial charge >= 0.3 is 0 Å². The smallest absolute Gasteiger partial charge is 0.262 e. The Balaban J connectivity index is 2.28. The number of aliphatic hydroxyl groups excluding tert-OH is 1. The summed E-state index contributed by atoms with van der Waals surface area (Å²) in [5.41, 5.74) is -7.57. The van der Waals surface area contributed by atoms with Gasteiger partial charge in [-0.1, -0.05) is 12.1 Å². The highest BCUT2D eigenvalue weighted by atomic mass is 32.2. The fraction of sp³-hybridized carbons (Fsp3) is 0.476. The molecule has 1 fully saturated rings. The fourth-order valence-electron chi connectivity index (χ4n) is 4.37.